The second-order valence-electron chi connectivity index (χ2n) is 4.40. The molecule has 1 heterocycles. The Balaban J connectivity index is 1.95. The maximum atomic E-state index is 11.9. The molecule has 0 spiro atoms. The quantitative estimate of drug-likeness (QED) is 0.927. The van der Waals surface area contributed by atoms with Crippen LogP contribution in [0.4, 0.5) is 0 Å². The minimum atomic E-state index is -3.47. The molecule has 1 aliphatic rings. The van der Waals surface area contributed by atoms with Crippen molar-refractivity contribution < 1.29 is 8.42 Å². The van der Waals surface area contributed by atoms with Gasteiger partial charge < -0.3 is 0 Å². The molecule has 3 rings (SSSR count). The average molecular weight is 307 g/mol. The van der Waals surface area contributed by atoms with E-state index in [0.717, 1.165) is 5.56 Å². The average Bonchev–Trinajstić information content (AvgIpc) is 2.69. The van der Waals surface area contributed by atoms with Crippen molar-refractivity contribution in [2.45, 2.75) is 11.4 Å². The zero-order valence-corrected chi connectivity index (χ0v) is 11.9. The molecular weight excluding hydrogens is 296 g/mol. The Morgan fingerprint density at radius 3 is 2.70 bits per heavy atom. The summed E-state index contributed by atoms with van der Waals surface area (Å²) in [5.41, 5.74) is 1.53. The van der Waals surface area contributed by atoms with Gasteiger partial charge in [0.2, 0.25) is 0 Å². The normalized spacial score (nSPS) is 17.8. The lowest BCUT2D eigenvalue weighted by atomic mass is 10.2. The summed E-state index contributed by atoms with van der Waals surface area (Å²) < 4.78 is 26.3. The van der Waals surface area contributed by atoms with E-state index in [1.807, 2.05) is 12.1 Å². The lowest BCUT2D eigenvalue weighted by molar-refractivity contribution is 0.595. The topological polar surface area (TPSA) is 58.5 Å². The summed E-state index contributed by atoms with van der Waals surface area (Å²) in [6, 6.07) is 14.1. The molecule has 6 heteroatoms. The molecule has 0 saturated heterocycles. The molecule has 102 valence electrons. The monoisotopic (exact) mass is 306 g/mol. The summed E-state index contributed by atoms with van der Waals surface area (Å²) in [5.74, 6) is 0.376. The fourth-order valence-corrected chi connectivity index (χ4v) is 3.52. The van der Waals surface area contributed by atoms with Gasteiger partial charge in [0.05, 0.1) is 11.4 Å². The summed E-state index contributed by atoms with van der Waals surface area (Å²) >= 11 is 5.91. The van der Waals surface area contributed by atoms with Crippen molar-refractivity contribution in [1.82, 2.24) is 4.72 Å². The van der Waals surface area contributed by atoms with Crippen molar-refractivity contribution in [1.29, 1.82) is 0 Å². The fourth-order valence-electron chi connectivity index (χ4n) is 2.06. The van der Waals surface area contributed by atoms with Crippen LogP contribution in [0.3, 0.4) is 0 Å². The number of aliphatic imine (C=N–C) groups is 1. The SMILES string of the molecule is O=S1(=O)NC(=NCc2cccc(Cl)c2)c2ccccc21. The van der Waals surface area contributed by atoms with Gasteiger partial charge in [-0.15, -0.1) is 0 Å². The number of halogens is 1. The van der Waals surface area contributed by atoms with E-state index >= 15 is 0 Å². The van der Waals surface area contributed by atoms with Crippen LogP contribution >= 0.6 is 11.6 Å². The maximum Gasteiger partial charge on any atom is 0.263 e. The van der Waals surface area contributed by atoms with Crippen LogP contribution in [0.5, 0.6) is 0 Å². The van der Waals surface area contributed by atoms with Crippen molar-refractivity contribution >= 4 is 27.5 Å². The highest BCUT2D eigenvalue weighted by molar-refractivity contribution is 7.90. The fraction of sp³-hybridized carbons (Fsp3) is 0.0714. The number of nitrogens with one attached hydrogen (secondary N) is 1. The molecule has 0 bridgehead atoms. The van der Waals surface area contributed by atoms with E-state index in [2.05, 4.69) is 9.71 Å². The third-order valence-corrected chi connectivity index (χ3v) is 4.60. The lowest BCUT2D eigenvalue weighted by Gasteiger charge is -2.00. The number of nitrogens with zero attached hydrogens (tertiary/aromatic N) is 1. The number of rotatable bonds is 2. The summed E-state index contributed by atoms with van der Waals surface area (Å²) in [7, 11) is -3.47. The molecule has 2 aromatic carbocycles. The van der Waals surface area contributed by atoms with E-state index in [9.17, 15) is 8.42 Å². The van der Waals surface area contributed by atoms with Gasteiger partial charge in [-0.05, 0) is 29.8 Å². The maximum absolute atomic E-state index is 11.9. The molecule has 0 unspecified atom stereocenters. The van der Waals surface area contributed by atoms with Gasteiger partial charge in [0.15, 0.2) is 0 Å². The first-order valence-electron chi connectivity index (χ1n) is 5.97. The van der Waals surface area contributed by atoms with Gasteiger partial charge >= 0.3 is 0 Å². The Morgan fingerprint density at radius 2 is 1.90 bits per heavy atom. The second-order valence-corrected chi connectivity index (χ2v) is 6.48. The van der Waals surface area contributed by atoms with E-state index in [1.165, 1.54) is 0 Å². The van der Waals surface area contributed by atoms with Crippen molar-refractivity contribution in [3.8, 4) is 0 Å². The largest absolute Gasteiger partial charge is 0.263 e. The zero-order valence-electron chi connectivity index (χ0n) is 10.4. The number of hydrogen-bond acceptors (Lipinski definition) is 3. The molecule has 1 N–H and O–H groups in total. The van der Waals surface area contributed by atoms with Gasteiger partial charge in [-0.25, -0.2) is 8.42 Å². The lowest BCUT2D eigenvalue weighted by Crippen LogP contribution is -2.22. The van der Waals surface area contributed by atoms with Crippen LogP contribution in [0.1, 0.15) is 11.1 Å². The highest BCUT2D eigenvalue weighted by atomic mass is 35.5. The number of amidine groups is 1. The van der Waals surface area contributed by atoms with Crippen LogP contribution in [0.2, 0.25) is 5.02 Å². The van der Waals surface area contributed by atoms with E-state index < -0.39 is 10.0 Å². The van der Waals surface area contributed by atoms with Crippen LogP contribution in [0.25, 0.3) is 0 Å². The van der Waals surface area contributed by atoms with Gasteiger partial charge in [-0.3, -0.25) is 9.71 Å². The Labute approximate surface area is 122 Å². The summed E-state index contributed by atoms with van der Waals surface area (Å²) in [5, 5.41) is 0.634. The smallest absolute Gasteiger partial charge is 0.263 e. The first kappa shape index (κ1) is 13.1. The van der Waals surface area contributed by atoms with Crippen molar-refractivity contribution in [3.05, 3.63) is 64.7 Å². The van der Waals surface area contributed by atoms with Crippen LogP contribution in [-0.4, -0.2) is 14.3 Å². The summed E-state index contributed by atoms with van der Waals surface area (Å²) in [6.07, 6.45) is 0. The van der Waals surface area contributed by atoms with E-state index in [4.69, 9.17) is 11.6 Å². The van der Waals surface area contributed by atoms with Crippen molar-refractivity contribution in [2.75, 3.05) is 0 Å². The third-order valence-electron chi connectivity index (χ3n) is 2.97. The van der Waals surface area contributed by atoms with E-state index in [1.54, 1.807) is 36.4 Å². The molecule has 0 saturated carbocycles. The number of hydrogen-bond donors (Lipinski definition) is 1. The molecule has 0 radical (unpaired) electrons. The van der Waals surface area contributed by atoms with Gasteiger partial charge in [0.25, 0.3) is 10.0 Å². The van der Waals surface area contributed by atoms with Gasteiger partial charge in [-0.1, -0.05) is 35.9 Å². The molecule has 0 aromatic heterocycles. The van der Waals surface area contributed by atoms with Gasteiger partial charge in [-0.2, -0.15) is 0 Å². The zero-order chi connectivity index (χ0) is 14.2. The van der Waals surface area contributed by atoms with Gasteiger partial charge in [0, 0.05) is 10.6 Å². The Bertz CT molecular complexity index is 800. The Kier molecular flexibility index (Phi) is 3.23. The van der Waals surface area contributed by atoms with E-state index in [-0.39, 0.29) is 4.90 Å². The molecule has 0 atom stereocenters. The Hall–Kier alpha value is -1.85. The predicted octanol–water partition coefficient (Wildman–Crippen LogP) is 2.58. The second kappa shape index (κ2) is 4.92. The third kappa shape index (κ3) is 2.42. The summed E-state index contributed by atoms with van der Waals surface area (Å²) in [4.78, 5) is 4.61. The number of fused-ring (bicyclic) bond motifs is 1. The number of benzene rings is 2. The highest BCUT2D eigenvalue weighted by Gasteiger charge is 2.29. The molecular formula is C14H11ClN2O2S. The standard InChI is InChI=1S/C14H11ClN2O2S/c15-11-5-3-4-10(8-11)9-16-14-12-6-1-2-7-13(12)20(18,19)17-14/h1-8H,9H2,(H,16,17). The molecule has 0 fully saturated rings. The highest BCUT2D eigenvalue weighted by Crippen LogP contribution is 2.22. The van der Waals surface area contributed by atoms with Gasteiger partial charge in [0.1, 0.15) is 5.84 Å². The molecule has 2 aromatic rings. The summed E-state index contributed by atoms with van der Waals surface area (Å²) in [6.45, 7) is 0.368. The number of sulfonamides is 1. The minimum absolute atomic E-state index is 0.268. The van der Waals surface area contributed by atoms with Crippen LogP contribution < -0.4 is 4.72 Å². The molecule has 1 aliphatic heterocycles. The molecule has 0 amide bonds. The predicted molar refractivity (Wildman–Crippen MR) is 78.5 cm³/mol. The molecule has 4 nitrogen and oxygen atoms in total. The minimum Gasteiger partial charge on any atom is -0.263 e. The van der Waals surface area contributed by atoms with Crippen LogP contribution in [0.15, 0.2) is 58.4 Å². The Morgan fingerprint density at radius 1 is 1.10 bits per heavy atom. The van der Waals surface area contributed by atoms with Crippen LogP contribution in [-0.2, 0) is 16.6 Å². The first-order chi connectivity index (χ1) is 9.56. The van der Waals surface area contributed by atoms with Crippen LogP contribution in [0, 0.1) is 0 Å². The van der Waals surface area contributed by atoms with E-state index in [0.29, 0.717) is 23.0 Å². The molecule has 0 aliphatic carbocycles. The van der Waals surface area contributed by atoms with Crippen molar-refractivity contribution in [2.24, 2.45) is 4.99 Å². The van der Waals surface area contributed by atoms with Crippen molar-refractivity contribution in [3.63, 3.8) is 0 Å². The molecule has 20 heavy (non-hydrogen) atoms. The first-order valence-corrected chi connectivity index (χ1v) is 7.83.